The van der Waals surface area contributed by atoms with Crippen LogP contribution in [-0.4, -0.2) is 39.9 Å². The molecule has 2 aliphatic rings. The van der Waals surface area contributed by atoms with Crippen LogP contribution in [0.15, 0.2) is 65.1 Å². The summed E-state index contributed by atoms with van der Waals surface area (Å²) >= 11 is 1.39. The minimum Gasteiger partial charge on any atom is -0.330 e. The van der Waals surface area contributed by atoms with Gasteiger partial charge in [0.05, 0.1) is 32.9 Å². The first kappa shape index (κ1) is 20.5. The molecule has 0 radical (unpaired) electrons. The highest BCUT2D eigenvalue weighted by Crippen LogP contribution is 2.36. The first-order chi connectivity index (χ1) is 16.0. The lowest BCUT2D eigenvalue weighted by molar-refractivity contribution is -0.139. The molecule has 2 aromatic heterocycles. The van der Waals surface area contributed by atoms with Crippen molar-refractivity contribution >= 4 is 37.5 Å². The van der Waals surface area contributed by atoms with Crippen LogP contribution in [0.2, 0.25) is 0 Å². The lowest BCUT2D eigenvalue weighted by atomic mass is 9.87. The Morgan fingerprint density at radius 3 is 2.73 bits per heavy atom. The summed E-state index contributed by atoms with van der Waals surface area (Å²) in [6.45, 7) is 1.42. The van der Waals surface area contributed by atoms with Gasteiger partial charge in [-0.2, -0.15) is 17.6 Å². The van der Waals surface area contributed by atoms with Gasteiger partial charge in [0.2, 0.25) is 5.91 Å². The number of fused-ring (bicyclic) bond motifs is 2. The number of hydrogen-bond acceptors (Lipinski definition) is 7. The molecular formula is C23H21N5O3S2. The molecule has 0 spiro atoms. The second-order valence-corrected chi connectivity index (χ2v) is 11.1. The first-order valence-electron chi connectivity index (χ1n) is 10.7. The predicted octanol–water partition coefficient (Wildman–Crippen LogP) is 2.85. The molecule has 1 fully saturated rings. The average molecular weight is 480 g/mol. The van der Waals surface area contributed by atoms with Crippen LogP contribution >= 0.6 is 11.3 Å². The molecule has 0 saturated carbocycles. The number of aromatic nitrogens is 3. The minimum atomic E-state index is -3.83. The zero-order valence-electron chi connectivity index (χ0n) is 17.6. The normalized spacial score (nSPS) is 20.4. The van der Waals surface area contributed by atoms with Crippen LogP contribution < -0.4 is 5.32 Å². The number of carbonyl (C=O) groups excluding carboxylic acids is 1. The van der Waals surface area contributed by atoms with Gasteiger partial charge in [0.15, 0.2) is 0 Å². The van der Waals surface area contributed by atoms with E-state index in [0.29, 0.717) is 18.8 Å². The summed E-state index contributed by atoms with van der Waals surface area (Å²) in [4.78, 5) is 19.8. The molecular weight excluding hydrogens is 458 g/mol. The smallest absolute Gasteiger partial charge is 0.283 e. The van der Waals surface area contributed by atoms with Gasteiger partial charge in [0.25, 0.3) is 10.0 Å². The number of nitrogens with one attached hydrogen (secondary N) is 1. The molecule has 8 nitrogen and oxygen atoms in total. The van der Waals surface area contributed by atoms with Crippen LogP contribution in [0, 0.1) is 0 Å². The lowest BCUT2D eigenvalue weighted by Crippen LogP contribution is -2.51. The number of benzene rings is 2. The molecule has 1 N–H and O–H groups in total. The molecule has 4 heterocycles. The van der Waals surface area contributed by atoms with Gasteiger partial charge in [-0.3, -0.25) is 10.1 Å². The topological polar surface area (TPSA) is 97.2 Å². The van der Waals surface area contributed by atoms with Gasteiger partial charge in [-0.15, -0.1) is 11.3 Å². The van der Waals surface area contributed by atoms with Crippen LogP contribution in [-0.2, 0) is 33.4 Å². The molecule has 2 aromatic carbocycles. The van der Waals surface area contributed by atoms with Crippen molar-refractivity contribution in [1.29, 1.82) is 0 Å². The van der Waals surface area contributed by atoms with Crippen LogP contribution in [0.5, 0.6) is 0 Å². The molecule has 0 aliphatic carbocycles. The number of carbonyl (C=O) groups is 1. The van der Waals surface area contributed by atoms with Gasteiger partial charge >= 0.3 is 0 Å². The van der Waals surface area contributed by atoms with Crippen molar-refractivity contribution in [2.75, 3.05) is 6.54 Å². The summed E-state index contributed by atoms with van der Waals surface area (Å²) in [7, 11) is -3.83. The summed E-state index contributed by atoms with van der Waals surface area (Å²) in [5.74, 6) is 0.00857. The fourth-order valence-electron chi connectivity index (χ4n) is 4.79. The summed E-state index contributed by atoms with van der Waals surface area (Å²) < 4.78 is 28.2. The Balaban J connectivity index is 1.27. The van der Waals surface area contributed by atoms with E-state index in [0.717, 1.165) is 44.8 Å². The summed E-state index contributed by atoms with van der Waals surface area (Å²) in [5, 5.41) is 7.80. The number of hydrogen-bond donors (Lipinski definition) is 1. The fraction of sp³-hybridized carbons (Fsp3) is 0.261. The van der Waals surface area contributed by atoms with Crippen LogP contribution in [0.25, 0.3) is 10.2 Å². The van der Waals surface area contributed by atoms with E-state index in [1.54, 1.807) is 28.6 Å². The maximum absolute atomic E-state index is 13.6. The fourth-order valence-corrected chi connectivity index (χ4v) is 6.77. The molecule has 1 atom stereocenters. The van der Waals surface area contributed by atoms with Crippen LogP contribution in [0.1, 0.15) is 29.7 Å². The summed E-state index contributed by atoms with van der Waals surface area (Å²) in [5.41, 5.74) is 4.05. The van der Waals surface area contributed by atoms with Crippen molar-refractivity contribution in [3.8, 4) is 0 Å². The Kier molecular flexibility index (Phi) is 4.65. The second kappa shape index (κ2) is 7.47. The van der Waals surface area contributed by atoms with E-state index in [9.17, 15) is 13.2 Å². The highest BCUT2D eigenvalue weighted by molar-refractivity contribution is 7.89. The molecule has 1 saturated heterocycles. The molecule has 0 bridgehead atoms. The summed E-state index contributed by atoms with van der Waals surface area (Å²) in [6, 6.07) is 14.7. The van der Waals surface area contributed by atoms with Crippen molar-refractivity contribution < 1.29 is 13.2 Å². The Hall–Kier alpha value is -3.08. The third-order valence-electron chi connectivity index (χ3n) is 6.48. The predicted molar refractivity (Wildman–Crippen MR) is 124 cm³/mol. The van der Waals surface area contributed by atoms with Gasteiger partial charge in [0.1, 0.15) is 5.54 Å². The van der Waals surface area contributed by atoms with E-state index >= 15 is 0 Å². The Bertz CT molecular complexity index is 1450. The zero-order valence-corrected chi connectivity index (χ0v) is 19.3. The van der Waals surface area contributed by atoms with Crippen molar-refractivity contribution in [1.82, 2.24) is 24.4 Å². The van der Waals surface area contributed by atoms with Gasteiger partial charge in [0, 0.05) is 18.3 Å². The molecule has 168 valence electrons. The molecule has 33 heavy (non-hydrogen) atoms. The van der Waals surface area contributed by atoms with E-state index in [1.807, 2.05) is 30.3 Å². The first-order valence-corrected chi connectivity index (χ1v) is 13.1. The lowest BCUT2D eigenvalue weighted by Gasteiger charge is -2.33. The number of amides is 1. The molecule has 4 aromatic rings. The van der Waals surface area contributed by atoms with Crippen molar-refractivity contribution in [3.63, 3.8) is 0 Å². The van der Waals surface area contributed by atoms with Gasteiger partial charge in [-0.05, 0) is 43.1 Å². The third-order valence-corrected chi connectivity index (χ3v) is 8.80. The number of rotatable bonds is 4. The van der Waals surface area contributed by atoms with Crippen LogP contribution in [0.4, 0.5) is 0 Å². The minimum absolute atomic E-state index is 0.00857. The Morgan fingerprint density at radius 2 is 1.97 bits per heavy atom. The average Bonchev–Trinajstić information content (AvgIpc) is 3.62. The maximum Gasteiger partial charge on any atom is 0.283 e. The number of thiazole rings is 1. The zero-order chi connectivity index (χ0) is 22.6. The van der Waals surface area contributed by atoms with Gasteiger partial charge in [-0.1, -0.05) is 30.3 Å². The molecule has 2 aliphatic heterocycles. The monoisotopic (exact) mass is 479 g/mol. The van der Waals surface area contributed by atoms with Crippen molar-refractivity contribution in [2.45, 2.75) is 36.4 Å². The molecule has 0 unspecified atom stereocenters. The largest absolute Gasteiger partial charge is 0.330 e. The standard InChI is InChI=1S/C23H21N5O3S2/c29-22(23(9-4-10-25-23)17-5-2-1-3-6-17)27-12-16-13-28(26-20(16)14-27)33(30,31)18-7-8-19-21(11-18)32-15-24-19/h1-3,5-8,11,13,15,25H,4,9-10,12,14H2/t23-/m0/s1. The van der Waals surface area contributed by atoms with Crippen molar-refractivity contribution in [3.05, 3.63) is 77.1 Å². The van der Waals surface area contributed by atoms with Gasteiger partial charge < -0.3 is 4.90 Å². The van der Waals surface area contributed by atoms with E-state index in [1.165, 1.54) is 17.5 Å². The van der Waals surface area contributed by atoms with Crippen LogP contribution in [0.3, 0.4) is 0 Å². The quantitative estimate of drug-likeness (QED) is 0.484. The van der Waals surface area contributed by atoms with E-state index in [2.05, 4.69) is 15.4 Å². The molecule has 1 amide bonds. The molecule has 6 rings (SSSR count). The van der Waals surface area contributed by atoms with Crippen molar-refractivity contribution in [2.24, 2.45) is 0 Å². The summed E-state index contributed by atoms with van der Waals surface area (Å²) in [6.07, 6.45) is 3.19. The highest BCUT2D eigenvalue weighted by Gasteiger charge is 2.46. The SMILES string of the molecule is O=C(N1Cc2cn(S(=O)(=O)c3ccc4ncsc4c3)nc2C1)[C@@]1(c2ccccc2)CCCN1. The third kappa shape index (κ3) is 3.20. The van der Waals surface area contributed by atoms with E-state index in [-0.39, 0.29) is 10.8 Å². The second-order valence-electron chi connectivity index (χ2n) is 8.42. The highest BCUT2D eigenvalue weighted by atomic mass is 32.2. The molecule has 10 heteroatoms. The number of nitrogens with zero attached hydrogens (tertiary/aromatic N) is 4. The van der Waals surface area contributed by atoms with E-state index in [4.69, 9.17) is 0 Å². The Labute approximate surface area is 194 Å². The van der Waals surface area contributed by atoms with E-state index < -0.39 is 15.6 Å². The Morgan fingerprint density at radius 1 is 1.12 bits per heavy atom. The maximum atomic E-state index is 13.6. The van der Waals surface area contributed by atoms with Gasteiger partial charge in [-0.25, -0.2) is 4.98 Å².